The summed E-state index contributed by atoms with van der Waals surface area (Å²) >= 11 is 0. The van der Waals surface area contributed by atoms with E-state index in [0.29, 0.717) is 16.8 Å². The van der Waals surface area contributed by atoms with Crippen LogP contribution in [0.2, 0.25) is 0 Å². The molecule has 0 spiro atoms. The number of hydrogen-bond acceptors (Lipinski definition) is 5. The number of nitrogens with zero attached hydrogens (tertiary/aromatic N) is 4. The molecular formula is C25H26N6O2. The Hall–Kier alpha value is -3.75. The highest BCUT2D eigenvalue weighted by atomic mass is 16.3. The van der Waals surface area contributed by atoms with E-state index in [4.69, 9.17) is 0 Å². The van der Waals surface area contributed by atoms with Crippen LogP contribution in [0.3, 0.4) is 0 Å². The fourth-order valence-corrected chi connectivity index (χ4v) is 4.17. The number of aliphatic hydroxyl groups excluding tert-OH is 1. The molecule has 5 rings (SSSR count). The fourth-order valence-electron chi connectivity index (χ4n) is 4.17. The van der Waals surface area contributed by atoms with Crippen LogP contribution in [0, 0.1) is 0 Å². The molecule has 168 valence electrons. The summed E-state index contributed by atoms with van der Waals surface area (Å²) in [5.41, 5.74) is 4.44. The van der Waals surface area contributed by atoms with Crippen LogP contribution in [0.4, 0.5) is 0 Å². The molecule has 1 aromatic carbocycles. The van der Waals surface area contributed by atoms with E-state index >= 15 is 0 Å². The Labute approximate surface area is 190 Å². The number of unbranched alkanes of at least 4 members (excludes halogenated alkanes) is 1. The average molecular weight is 443 g/mol. The first-order valence-electron chi connectivity index (χ1n) is 11.1. The SMILES string of the molecule is CCCCNC(O)n1ccc2c(C(=O)c3c[nH]c4ncc(-c5cnn(C)c5)cc34)cccc21. The van der Waals surface area contributed by atoms with Crippen molar-refractivity contribution >= 4 is 27.7 Å². The molecule has 0 aliphatic carbocycles. The van der Waals surface area contributed by atoms with Crippen molar-refractivity contribution in [2.45, 2.75) is 26.1 Å². The van der Waals surface area contributed by atoms with Crippen molar-refractivity contribution in [1.29, 1.82) is 0 Å². The molecule has 5 aromatic rings. The molecular weight excluding hydrogens is 416 g/mol. The Bertz CT molecular complexity index is 1440. The van der Waals surface area contributed by atoms with Gasteiger partial charge in [-0.05, 0) is 31.2 Å². The van der Waals surface area contributed by atoms with Gasteiger partial charge >= 0.3 is 0 Å². The van der Waals surface area contributed by atoms with Crippen LogP contribution in [0.5, 0.6) is 0 Å². The average Bonchev–Trinajstić information content (AvgIpc) is 3.56. The molecule has 0 radical (unpaired) electrons. The molecule has 0 saturated carbocycles. The molecule has 8 heteroatoms. The second-order valence-corrected chi connectivity index (χ2v) is 8.20. The number of aliphatic hydroxyl groups is 1. The van der Waals surface area contributed by atoms with Crippen LogP contribution >= 0.6 is 0 Å². The summed E-state index contributed by atoms with van der Waals surface area (Å²) in [5, 5.41) is 19.5. The number of fused-ring (bicyclic) bond motifs is 2. The minimum Gasteiger partial charge on any atom is -0.361 e. The number of hydrogen-bond donors (Lipinski definition) is 3. The third kappa shape index (κ3) is 3.83. The van der Waals surface area contributed by atoms with Crippen molar-refractivity contribution in [3.63, 3.8) is 0 Å². The van der Waals surface area contributed by atoms with E-state index in [1.54, 1.807) is 27.8 Å². The number of pyridine rings is 1. The zero-order valence-electron chi connectivity index (χ0n) is 18.6. The zero-order valence-corrected chi connectivity index (χ0v) is 18.6. The van der Waals surface area contributed by atoms with Gasteiger partial charge in [0, 0.05) is 64.9 Å². The lowest BCUT2D eigenvalue weighted by Gasteiger charge is -2.16. The minimum absolute atomic E-state index is 0.0943. The van der Waals surface area contributed by atoms with E-state index in [9.17, 15) is 9.90 Å². The second-order valence-electron chi connectivity index (χ2n) is 8.20. The van der Waals surface area contributed by atoms with Gasteiger partial charge in [-0.1, -0.05) is 25.5 Å². The van der Waals surface area contributed by atoms with Crippen molar-refractivity contribution in [3.8, 4) is 11.1 Å². The Kier molecular flexibility index (Phi) is 5.53. The molecule has 4 aromatic heterocycles. The first-order chi connectivity index (χ1) is 16.1. The van der Waals surface area contributed by atoms with E-state index < -0.39 is 6.35 Å². The third-order valence-corrected chi connectivity index (χ3v) is 5.94. The van der Waals surface area contributed by atoms with Gasteiger partial charge in [0.25, 0.3) is 0 Å². The quantitative estimate of drug-likeness (QED) is 0.192. The second kappa shape index (κ2) is 8.65. The number of aromatic nitrogens is 5. The van der Waals surface area contributed by atoms with E-state index in [1.807, 2.05) is 49.8 Å². The fraction of sp³-hybridized carbons (Fsp3) is 0.240. The lowest BCUT2D eigenvalue weighted by atomic mass is 9.99. The van der Waals surface area contributed by atoms with Gasteiger partial charge in [-0.2, -0.15) is 5.10 Å². The monoisotopic (exact) mass is 442 g/mol. The lowest BCUT2D eigenvalue weighted by molar-refractivity contribution is 0.0720. The van der Waals surface area contributed by atoms with Gasteiger partial charge in [0.2, 0.25) is 0 Å². The molecule has 1 atom stereocenters. The number of aryl methyl sites for hydroxylation is 1. The van der Waals surface area contributed by atoms with E-state index in [0.717, 1.165) is 46.8 Å². The molecule has 8 nitrogen and oxygen atoms in total. The Balaban J connectivity index is 1.52. The Morgan fingerprint density at radius 2 is 2.06 bits per heavy atom. The number of carbonyl (C=O) groups is 1. The summed E-state index contributed by atoms with van der Waals surface area (Å²) in [6.07, 6.45) is 10.2. The topological polar surface area (TPSA) is 101 Å². The van der Waals surface area contributed by atoms with Gasteiger partial charge in [0.05, 0.1) is 11.7 Å². The highest BCUT2D eigenvalue weighted by Crippen LogP contribution is 2.29. The molecule has 0 fully saturated rings. The number of carbonyl (C=O) groups excluding carboxylic acids is 1. The van der Waals surface area contributed by atoms with Crippen molar-refractivity contribution in [1.82, 2.24) is 29.6 Å². The van der Waals surface area contributed by atoms with Gasteiger partial charge in [0.15, 0.2) is 12.1 Å². The van der Waals surface area contributed by atoms with Gasteiger partial charge in [0.1, 0.15) is 5.65 Å². The van der Waals surface area contributed by atoms with Crippen molar-refractivity contribution in [2.24, 2.45) is 7.05 Å². The smallest absolute Gasteiger partial charge is 0.195 e. The molecule has 0 aliphatic heterocycles. The maximum absolute atomic E-state index is 13.6. The number of nitrogens with one attached hydrogen (secondary N) is 2. The summed E-state index contributed by atoms with van der Waals surface area (Å²) in [5.74, 6) is -0.0943. The number of rotatable bonds is 8. The molecule has 0 amide bonds. The van der Waals surface area contributed by atoms with Crippen LogP contribution in [0.25, 0.3) is 33.1 Å². The summed E-state index contributed by atoms with van der Waals surface area (Å²) in [6, 6.07) is 9.42. The molecule has 0 aliphatic rings. The predicted molar refractivity (Wildman–Crippen MR) is 128 cm³/mol. The summed E-state index contributed by atoms with van der Waals surface area (Å²) in [4.78, 5) is 21.2. The van der Waals surface area contributed by atoms with Crippen LogP contribution < -0.4 is 5.32 Å². The normalized spacial score (nSPS) is 12.6. The van der Waals surface area contributed by atoms with Crippen LogP contribution in [-0.4, -0.2) is 41.8 Å². The molecule has 1 unspecified atom stereocenters. The number of H-pyrrole nitrogens is 1. The van der Waals surface area contributed by atoms with E-state index in [2.05, 4.69) is 27.3 Å². The standard InChI is InChI=1S/C25H26N6O2/c1-3-4-9-26-25(33)31-10-8-18-19(6-5-7-22(18)31)23(32)21-14-28-24-20(21)11-16(12-27-24)17-13-29-30(2)15-17/h5-8,10-15,25-26,33H,3-4,9H2,1-2H3,(H,27,28). The summed E-state index contributed by atoms with van der Waals surface area (Å²) in [6.45, 7) is 2.83. The first kappa shape index (κ1) is 21.1. The number of ketones is 1. The minimum atomic E-state index is -0.848. The molecule has 0 bridgehead atoms. The van der Waals surface area contributed by atoms with Gasteiger partial charge in [-0.3, -0.25) is 14.8 Å². The van der Waals surface area contributed by atoms with Crippen LogP contribution in [-0.2, 0) is 7.05 Å². The van der Waals surface area contributed by atoms with Gasteiger partial charge in [-0.25, -0.2) is 4.98 Å². The number of benzene rings is 1. The van der Waals surface area contributed by atoms with Gasteiger partial charge < -0.3 is 14.7 Å². The highest BCUT2D eigenvalue weighted by molar-refractivity contribution is 6.21. The van der Waals surface area contributed by atoms with Crippen LogP contribution in [0.1, 0.15) is 42.0 Å². The van der Waals surface area contributed by atoms with E-state index in [1.165, 1.54) is 0 Å². The molecule has 4 heterocycles. The van der Waals surface area contributed by atoms with Crippen molar-refractivity contribution in [2.75, 3.05) is 6.54 Å². The largest absolute Gasteiger partial charge is 0.361 e. The first-order valence-corrected chi connectivity index (χ1v) is 11.1. The zero-order chi connectivity index (χ0) is 22.9. The number of aromatic amines is 1. The third-order valence-electron chi connectivity index (χ3n) is 5.94. The molecule has 0 saturated heterocycles. The maximum atomic E-state index is 13.6. The molecule has 33 heavy (non-hydrogen) atoms. The summed E-state index contributed by atoms with van der Waals surface area (Å²) < 4.78 is 3.48. The van der Waals surface area contributed by atoms with Crippen molar-refractivity contribution < 1.29 is 9.90 Å². The molecule has 3 N–H and O–H groups in total. The summed E-state index contributed by atoms with van der Waals surface area (Å²) in [7, 11) is 1.86. The predicted octanol–water partition coefficient (Wildman–Crippen LogP) is 3.99. The van der Waals surface area contributed by atoms with Crippen molar-refractivity contribution in [3.05, 3.63) is 72.4 Å². The van der Waals surface area contributed by atoms with Crippen LogP contribution in [0.15, 0.2) is 61.3 Å². The highest BCUT2D eigenvalue weighted by Gasteiger charge is 2.20. The van der Waals surface area contributed by atoms with Gasteiger partial charge in [-0.15, -0.1) is 0 Å². The van der Waals surface area contributed by atoms with E-state index in [-0.39, 0.29) is 5.78 Å². The Morgan fingerprint density at radius 3 is 2.85 bits per heavy atom. The Morgan fingerprint density at radius 1 is 1.18 bits per heavy atom. The maximum Gasteiger partial charge on any atom is 0.195 e. The lowest BCUT2D eigenvalue weighted by Crippen LogP contribution is -2.26.